The van der Waals surface area contributed by atoms with Gasteiger partial charge >= 0.3 is 0 Å². The Labute approximate surface area is 157 Å². The molecule has 0 bridgehead atoms. The maximum atomic E-state index is 13.0. The van der Waals surface area contributed by atoms with Crippen molar-refractivity contribution in [2.24, 2.45) is 5.92 Å². The number of aryl methyl sites for hydroxylation is 1. The predicted octanol–water partition coefficient (Wildman–Crippen LogP) is 1.93. The number of nitrogens with one attached hydrogen (secondary N) is 1. The van der Waals surface area contributed by atoms with E-state index in [1.807, 2.05) is 36.9 Å². The van der Waals surface area contributed by atoms with Crippen molar-refractivity contribution in [3.05, 3.63) is 63.1 Å². The van der Waals surface area contributed by atoms with Crippen LogP contribution in [0.3, 0.4) is 0 Å². The Morgan fingerprint density at radius 1 is 1.19 bits per heavy atom. The fourth-order valence-electron chi connectivity index (χ4n) is 4.04. The van der Waals surface area contributed by atoms with Crippen molar-refractivity contribution >= 4 is 17.5 Å². The van der Waals surface area contributed by atoms with Crippen molar-refractivity contribution in [1.29, 1.82) is 0 Å². The Morgan fingerprint density at radius 3 is 2.81 bits per heavy atom. The SMILES string of the molecule is Cc1cccc(N2CC(C(=O)N3CCc4cc(=O)[nH]cc4C3)CC2=O)c1C. The van der Waals surface area contributed by atoms with Gasteiger partial charge in [-0.25, -0.2) is 0 Å². The Bertz CT molecular complexity index is 979. The summed E-state index contributed by atoms with van der Waals surface area (Å²) in [6, 6.07) is 7.53. The molecule has 1 N–H and O–H groups in total. The third kappa shape index (κ3) is 3.16. The number of anilines is 1. The fraction of sp³-hybridized carbons (Fsp3) is 0.381. The van der Waals surface area contributed by atoms with Crippen LogP contribution < -0.4 is 10.5 Å². The van der Waals surface area contributed by atoms with Gasteiger partial charge in [0.2, 0.25) is 17.4 Å². The highest BCUT2D eigenvalue weighted by atomic mass is 16.2. The van der Waals surface area contributed by atoms with Crippen molar-refractivity contribution in [2.75, 3.05) is 18.0 Å². The minimum absolute atomic E-state index is 0.00351. The molecule has 1 saturated heterocycles. The lowest BCUT2D eigenvalue weighted by atomic mass is 9.99. The predicted molar refractivity (Wildman–Crippen MR) is 103 cm³/mol. The Kier molecular flexibility index (Phi) is 4.34. The summed E-state index contributed by atoms with van der Waals surface area (Å²) in [5, 5.41) is 0. The number of aromatic nitrogens is 1. The minimum Gasteiger partial charge on any atom is -0.338 e. The van der Waals surface area contributed by atoms with Crippen LogP contribution in [0.1, 0.15) is 28.7 Å². The van der Waals surface area contributed by atoms with Crippen molar-refractivity contribution in [1.82, 2.24) is 9.88 Å². The highest BCUT2D eigenvalue weighted by molar-refractivity contribution is 6.01. The lowest BCUT2D eigenvalue weighted by molar-refractivity contribution is -0.136. The molecule has 2 aliphatic rings. The van der Waals surface area contributed by atoms with Crippen LogP contribution in [0.25, 0.3) is 0 Å². The van der Waals surface area contributed by atoms with Crippen molar-refractivity contribution in [3.63, 3.8) is 0 Å². The van der Waals surface area contributed by atoms with E-state index in [0.717, 1.165) is 27.9 Å². The second kappa shape index (κ2) is 6.68. The molecule has 0 aliphatic carbocycles. The number of aromatic amines is 1. The molecule has 2 amide bonds. The van der Waals surface area contributed by atoms with Gasteiger partial charge in [-0.05, 0) is 48.6 Å². The molecule has 1 fully saturated rings. The molecule has 2 aliphatic heterocycles. The van der Waals surface area contributed by atoms with Crippen LogP contribution in [0.15, 0.2) is 35.3 Å². The topological polar surface area (TPSA) is 73.5 Å². The first kappa shape index (κ1) is 17.5. The number of hydrogen-bond donors (Lipinski definition) is 1. The zero-order chi connectivity index (χ0) is 19.1. The summed E-state index contributed by atoms with van der Waals surface area (Å²) < 4.78 is 0. The molecule has 2 aromatic rings. The summed E-state index contributed by atoms with van der Waals surface area (Å²) in [4.78, 5) is 43.3. The second-order valence-corrected chi connectivity index (χ2v) is 7.48. The first-order valence-corrected chi connectivity index (χ1v) is 9.30. The average molecular weight is 365 g/mol. The van der Waals surface area contributed by atoms with Gasteiger partial charge in [0.25, 0.3) is 0 Å². The van der Waals surface area contributed by atoms with Gasteiger partial charge in [-0.1, -0.05) is 12.1 Å². The molecule has 140 valence electrons. The van der Waals surface area contributed by atoms with Gasteiger partial charge in [0.15, 0.2) is 0 Å². The Morgan fingerprint density at radius 2 is 2.00 bits per heavy atom. The molecule has 6 nitrogen and oxygen atoms in total. The van der Waals surface area contributed by atoms with Crippen LogP contribution in [-0.4, -0.2) is 34.8 Å². The van der Waals surface area contributed by atoms with E-state index < -0.39 is 0 Å². The van der Waals surface area contributed by atoms with Crippen LogP contribution >= 0.6 is 0 Å². The first-order chi connectivity index (χ1) is 12.9. The van der Waals surface area contributed by atoms with E-state index in [0.29, 0.717) is 26.1 Å². The highest BCUT2D eigenvalue weighted by Gasteiger charge is 2.38. The summed E-state index contributed by atoms with van der Waals surface area (Å²) in [5.74, 6) is -0.293. The van der Waals surface area contributed by atoms with Gasteiger partial charge in [0.05, 0.1) is 5.92 Å². The number of carbonyl (C=O) groups excluding carboxylic acids is 2. The third-order valence-electron chi connectivity index (χ3n) is 5.77. The van der Waals surface area contributed by atoms with E-state index in [9.17, 15) is 14.4 Å². The molecule has 1 atom stereocenters. The molecule has 0 saturated carbocycles. The monoisotopic (exact) mass is 365 g/mol. The van der Waals surface area contributed by atoms with Crippen LogP contribution in [-0.2, 0) is 22.6 Å². The van der Waals surface area contributed by atoms with Crippen molar-refractivity contribution < 1.29 is 9.59 Å². The summed E-state index contributed by atoms with van der Waals surface area (Å²) in [6.07, 6.45) is 2.62. The summed E-state index contributed by atoms with van der Waals surface area (Å²) in [6.45, 7) is 5.53. The van der Waals surface area contributed by atoms with E-state index in [-0.39, 0.29) is 29.7 Å². The second-order valence-electron chi connectivity index (χ2n) is 7.48. The highest BCUT2D eigenvalue weighted by Crippen LogP contribution is 2.31. The molecular weight excluding hydrogens is 342 g/mol. The molecule has 0 spiro atoms. The number of rotatable bonds is 2. The number of carbonyl (C=O) groups is 2. The van der Waals surface area contributed by atoms with Gasteiger partial charge in [-0.3, -0.25) is 14.4 Å². The fourth-order valence-corrected chi connectivity index (χ4v) is 4.04. The molecule has 1 aromatic carbocycles. The zero-order valence-corrected chi connectivity index (χ0v) is 15.6. The number of fused-ring (bicyclic) bond motifs is 1. The quantitative estimate of drug-likeness (QED) is 0.884. The third-order valence-corrected chi connectivity index (χ3v) is 5.77. The molecule has 1 aromatic heterocycles. The summed E-state index contributed by atoms with van der Waals surface area (Å²) in [7, 11) is 0. The van der Waals surface area contributed by atoms with Gasteiger partial charge < -0.3 is 14.8 Å². The maximum absolute atomic E-state index is 13.0. The number of pyridine rings is 1. The van der Waals surface area contributed by atoms with E-state index in [4.69, 9.17) is 0 Å². The van der Waals surface area contributed by atoms with E-state index >= 15 is 0 Å². The van der Waals surface area contributed by atoms with Crippen LogP contribution in [0.5, 0.6) is 0 Å². The number of benzene rings is 1. The maximum Gasteiger partial charge on any atom is 0.248 e. The van der Waals surface area contributed by atoms with Crippen LogP contribution in [0.2, 0.25) is 0 Å². The van der Waals surface area contributed by atoms with Gasteiger partial charge in [-0.15, -0.1) is 0 Å². The van der Waals surface area contributed by atoms with Gasteiger partial charge in [0, 0.05) is 44.0 Å². The number of amides is 2. The van der Waals surface area contributed by atoms with E-state index in [1.54, 1.807) is 17.2 Å². The Balaban J connectivity index is 1.51. The lowest BCUT2D eigenvalue weighted by Crippen LogP contribution is -2.41. The standard InChI is InChI=1S/C21H23N3O3/c1-13-4-3-5-18(14(13)2)24-12-16(9-20(24)26)21(27)23-7-6-15-8-19(25)22-10-17(15)11-23/h3-5,8,10,16H,6-7,9,11-12H2,1-2H3,(H,22,25). The lowest BCUT2D eigenvalue weighted by Gasteiger charge is -2.30. The largest absolute Gasteiger partial charge is 0.338 e. The normalized spacial score (nSPS) is 19.3. The Hall–Kier alpha value is -2.89. The molecule has 0 radical (unpaired) electrons. The van der Waals surface area contributed by atoms with E-state index in [1.165, 1.54) is 0 Å². The van der Waals surface area contributed by atoms with Crippen molar-refractivity contribution in [2.45, 2.75) is 33.2 Å². The molecule has 1 unspecified atom stereocenters. The first-order valence-electron chi connectivity index (χ1n) is 9.30. The number of nitrogens with zero attached hydrogens (tertiary/aromatic N) is 2. The molecule has 4 rings (SSSR count). The number of H-pyrrole nitrogens is 1. The number of hydrogen-bond acceptors (Lipinski definition) is 3. The molecular formula is C21H23N3O3. The van der Waals surface area contributed by atoms with Crippen LogP contribution in [0.4, 0.5) is 5.69 Å². The summed E-state index contributed by atoms with van der Waals surface area (Å²) >= 11 is 0. The van der Waals surface area contributed by atoms with Crippen LogP contribution in [0, 0.1) is 19.8 Å². The van der Waals surface area contributed by atoms with Crippen molar-refractivity contribution in [3.8, 4) is 0 Å². The zero-order valence-electron chi connectivity index (χ0n) is 15.6. The average Bonchev–Trinajstić information content (AvgIpc) is 3.04. The molecule has 3 heterocycles. The molecule has 27 heavy (non-hydrogen) atoms. The minimum atomic E-state index is -0.318. The smallest absolute Gasteiger partial charge is 0.248 e. The van der Waals surface area contributed by atoms with E-state index in [2.05, 4.69) is 4.98 Å². The van der Waals surface area contributed by atoms with Gasteiger partial charge in [0.1, 0.15) is 0 Å². The summed E-state index contributed by atoms with van der Waals surface area (Å²) in [5.41, 5.74) is 4.98. The molecule has 6 heteroatoms. The van der Waals surface area contributed by atoms with Gasteiger partial charge in [-0.2, -0.15) is 0 Å².